The summed E-state index contributed by atoms with van der Waals surface area (Å²) in [5, 5.41) is 0. The molecule has 0 aliphatic heterocycles. The Labute approximate surface area is 151 Å². The number of ether oxygens (including phenoxy) is 2. The van der Waals surface area contributed by atoms with E-state index in [0.717, 1.165) is 11.3 Å². The van der Waals surface area contributed by atoms with Gasteiger partial charge in [0, 0.05) is 11.1 Å². The summed E-state index contributed by atoms with van der Waals surface area (Å²) in [6.45, 7) is 1.89. The molecule has 26 heavy (non-hydrogen) atoms. The van der Waals surface area contributed by atoms with Crippen LogP contribution in [0.5, 0.6) is 5.75 Å². The lowest BCUT2D eigenvalue weighted by molar-refractivity contribution is 0.0416. The number of Topliss-reactive ketones (excluding diaryl/α,β-unsaturated/α-hetero) is 1. The van der Waals surface area contributed by atoms with Gasteiger partial charge in [-0.15, -0.1) is 0 Å². The summed E-state index contributed by atoms with van der Waals surface area (Å²) in [7, 11) is 0. The Morgan fingerprint density at radius 3 is 2.31 bits per heavy atom. The third-order valence-electron chi connectivity index (χ3n) is 3.71. The topological polar surface area (TPSA) is 65.7 Å². The van der Waals surface area contributed by atoms with Crippen molar-refractivity contribution < 1.29 is 23.5 Å². The molecule has 0 fully saturated rings. The van der Waals surface area contributed by atoms with Crippen LogP contribution in [0.3, 0.4) is 0 Å². The lowest BCUT2D eigenvalue weighted by Crippen LogP contribution is -2.11. The van der Waals surface area contributed by atoms with Crippen molar-refractivity contribution in [2.24, 2.45) is 0 Å². The lowest BCUT2D eigenvalue weighted by atomic mass is 10.1. The summed E-state index contributed by atoms with van der Waals surface area (Å²) >= 11 is 0. The predicted molar refractivity (Wildman–Crippen MR) is 96.4 cm³/mol. The van der Waals surface area contributed by atoms with Crippen molar-refractivity contribution >= 4 is 11.8 Å². The van der Waals surface area contributed by atoms with Gasteiger partial charge < -0.3 is 13.9 Å². The van der Waals surface area contributed by atoms with Crippen LogP contribution < -0.4 is 4.74 Å². The minimum atomic E-state index is -0.548. The van der Waals surface area contributed by atoms with E-state index in [2.05, 4.69) is 0 Å². The lowest BCUT2D eigenvalue weighted by Gasteiger charge is -2.06. The zero-order valence-electron chi connectivity index (χ0n) is 14.3. The van der Waals surface area contributed by atoms with Crippen molar-refractivity contribution in [3.05, 3.63) is 78.1 Å². The number of para-hydroxylation sites is 1. The summed E-state index contributed by atoms with van der Waals surface area (Å²) in [5.74, 6) is 0.826. The summed E-state index contributed by atoms with van der Waals surface area (Å²) < 4.78 is 16.2. The van der Waals surface area contributed by atoms with Gasteiger partial charge in [0.2, 0.25) is 5.76 Å². The zero-order chi connectivity index (χ0) is 18.4. The van der Waals surface area contributed by atoms with Gasteiger partial charge in [0.05, 0.1) is 0 Å². The second-order valence-electron chi connectivity index (χ2n) is 5.59. The monoisotopic (exact) mass is 350 g/mol. The highest BCUT2D eigenvalue weighted by Crippen LogP contribution is 2.23. The van der Waals surface area contributed by atoms with Crippen LogP contribution >= 0.6 is 0 Å². The molecular formula is C21H18O5. The van der Waals surface area contributed by atoms with Crippen molar-refractivity contribution in [3.8, 4) is 17.1 Å². The summed E-state index contributed by atoms with van der Waals surface area (Å²) in [5.41, 5.74) is 1.40. The van der Waals surface area contributed by atoms with Gasteiger partial charge in [-0.1, -0.05) is 42.5 Å². The van der Waals surface area contributed by atoms with Gasteiger partial charge in [-0.3, -0.25) is 4.79 Å². The van der Waals surface area contributed by atoms with Crippen LogP contribution in [0, 0.1) is 0 Å². The number of carbonyl (C=O) groups is 2. The first-order chi connectivity index (χ1) is 12.6. The number of esters is 1. The van der Waals surface area contributed by atoms with Crippen LogP contribution in [0.1, 0.15) is 27.8 Å². The maximum Gasteiger partial charge on any atom is 0.374 e. The van der Waals surface area contributed by atoms with E-state index in [1.54, 1.807) is 36.4 Å². The Hall–Kier alpha value is -3.34. The van der Waals surface area contributed by atoms with E-state index in [4.69, 9.17) is 13.9 Å². The predicted octanol–water partition coefficient (Wildman–Crippen LogP) is 4.39. The highest BCUT2D eigenvalue weighted by molar-refractivity contribution is 5.94. The summed E-state index contributed by atoms with van der Waals surface area (Å²) in [4.78, 5) is 23.3. The minimum Gasteiger partial charge on any atom is -0.490 e. The van der Waals surface area contributed by atoms with Crippen molar-refractivity contribution in [1.82, 2.24) is 0 Å². The van der Waals surface area contributed by atoms with Gasteiger partial charge in [0.15, 0.2) is 5.78 Å². The Morgan fingerprint density at radius 2 is 1.62 bits per heavy atom. The zero-order valence-corrected chi connectivity index (χ0v) is 14.3. The maximum absolute atomic E-state index is 12.0. The molecule has 0 spiro atoms. The average Bonchev–Trinajstić information content (AvgIpc) is 3.16. The van der Waals surface area contributed by atoms with Gasteiger partial charge in [0.1, 0.15) is 24.7 Å². The fourth-order valence-corrected chi connectivity index (χ4v) is 2.35. The Bertz CT molecular complexity index is 878. The second-order valence-corrected chi connectivity index (χ2v) is 5.59. The smallest absolute Gasteiger partial charge is 0.374 e. The molecule has 5 heteroatoms. The number of furan rings is 1. The molecule has 0 bridgehead atoms. The summed E-state index contributed by atoms with van der Waals surface area (Å²) in [6, 6.07) is 19.6. The molecule has 132 valence electrons. The van der Waals surface area contributed by atoms with Crippen LogP contribution in [-0.2, 0) is 4.74 Å². The third kappa shape index (κ3) is 4.39. The molecule has 1 heterocycles. The van der Waals surface area contributed by atoms with Crippen LogP contribution in [0.2, 0.25) is 0 Å². The average molecular weight is 350 g/mol. The molecule has 0 amide bonds. The SMILES string of the molecule is CC(=O)c1ccc(-c2ccc(C(=O)OCCOc3ccccc3)o2)cc1. The van der Waals surface area contributed by atoms with Gasteiger partial charge in [-0.05, 0) is 31.2 Å². The molecule has 0 N–H and O–H groups in total. The fourth-order valence-electron chi connectivity index (χ4n) is 2.35. The number of ketones is 1. The number of hydrogen-bond donors (Lipinski definition) is 0. The number of hydrogen-bond acceptors (Lipinski definition) is 5. The first-order valence-electron chi connectivity index (χ1n) is 8.19. The third-order valence-corrected chi connectivity index (χ3v) is 3.71. The molecule has 3 rings (SSSR count). The summed E-state index contributed by atoms with van der Waals surface area (Å²) in [6.07, 6.45) is 0. The maximum atomic E-state index is 12.0. The quantitative estimate of drug-likeness (QED) is 0.359. The molecular weight excluding hydrogens is 332 g/mol. The molecule has 1 aromatic heterocycles. The van der Waals surface area contributed by atoms with Crippen molar-refractivity contribution in [3.63, 3.8) is 0 Å². The van der Waals surface area contributed by atoms with E-state index in [-0.39, 0.29) is 24.8 Å². The van der Waals surface area contributed by atoms with Gasteiger partial charge in [0.25, 0.3) is 0 Å². The number of carbonyl (C=O) groups excluding carboxylic acids is 2. The molecule has 0 aliphatic rings. The van der Waals surface area contributed by atoms with Crippen molar-refractivity contribution in [2.75, 3.05) is 13.2 Å². The molecule has 0 atom stereocenters. The second kappa shape index (κ2) is 8.16. The van der Waals surface area contributed by atoms with Crippen LogP contribution in [0.25, 0.3) is 11.3 Å². The number of rotatable bonds is 7. The minimum absolute atomic E-state index is 0.00187. The Kier molecular flexibility index (Phi) is 5.49. The van der Waals surface area contributed by atoms with E-state index in [1.165, 1.54) is 6.92 Å². The van der Waals surface area contributed by atoms with Gasteiger partial charge in [-0.25, -0.2) is 4.79 Å². The van der Waals surface area contributed by atoms with Crippen molar-refractivity contribution in [1.29, 1.82) is 0 Å². The van der Waals surface area contributed by atoms with E-state index in [0.29, 0.717) is 11.3 Å². The highest BCUT2D eigenvalue weighted by Gasteiger charge is 2.14. The highest BCUT2D eigenvalue weighted by atomic mass is 16.6. The number of benzene rings is 2. The van der Waals surface area contributed by atoms with Crippen LogP contribution in [-0.4, -0.2) is 25.0 Å². The molecule has 0 unspecified atom stereocenters. The van der Waals surface area contributed by atoms with E-state index >= 15 is 0 Å². The molecule has 0 saturated carbocycles. The normalized spacial score (nSPS) is 10.3. The van der Waals surface area contributed by atoms with Gasteiger partial charge in [-0.2, -0.15) is 0 Å². The Morgan fingerprint density at radius 1 is 0.885 bits per heavy atom. The molecule has 5 nitrogen and oxygen atoms in total. The van der Waals surface area contributed by atoms with E-state index in [1.807, 2.05) is 30.3 Å². The van der Waals surface area contributed by atoms with Crippen molar-refractivity contribution in [2.45, 2.75) is 6.92 Å². The molecule has 0 aliphatic carbocycles. The largest absolute Gasteiger partial charge is 0.490 e. The van der Waals surface area contributed by atoms with E-state index < -0.39 is 5.97 Å². The Balaban J connectivity index is 1.53. The van der Waals surface area contributed by atoms with E-state index in [9.17, 15) is 9.59 Å². The first-order valence-corrected chi connectivity index (χ1v) is 8.19. The first kappa shape index (κ1) is 17.5. The van der Waals surface area contributed by atoms with Crippen LogP contribution in [0.15, 0.2) is 71.1 Å². The molecule has 2 aromatic carbocycles. The fraction of sp³-hybridized carbons (Fsp3) is 0.143. The molecule has 0 radical (unpaired) electrons. The van der Waals surface area contributed by atoms with Crippen LogP contribution in [0.4, 0.5) is 0 Å². The molecule has 3 aromatic rings. The standard InChI is InChI=1S/C21H18O5/c1-15(22)16-7-9-17(10-8-16)19-11-12-20(26-19)21(23)25-14-13-24-18-5-3-2-4-6-18/h2-12H,13-14H2,1H3. The van der Waals surface area contributed by atoms with Gasteiger partial charge >= 0.3 is 5.97 Å². The molecule has 0 saturated heterocycles.